The lowest BCUT2D eigenvalue weighted by Gasteiger charge is -2.31. The van der Waals surface area contributed by atoms with Crippen molar-refractivity contribution in [3.05, 3.63) is 69.6 Å². The monoisotopic (exact) mass is 634 g/mol. The molecule has 1 aromatic heterocycles. The molecule has 0 fully saturated rings. The van der Waals surface area contributed by atoms with Crippen LogP contribution in [0.4, 0.5) is 0 Å². The molecule has 1 atom stereocenters. The highest BCUT2D eigenvalue weighted by Crippen LogP contribution is 2.40. The fourth-order valence-electron chi connectivity index (χ4n) is 5.65. The number of aliphatic carboxylic acids is 1. The number of aryl methyl sites for hydroxylation is 1. The Hall–Kier alpha value is -2.47. The van der Waals surface area contributed by atoms with Crippen LogP contribution in [-0.2, 0) is 34.1 Å². The lowest BCUT2D eigenvalue weighted by Crippen LogP contribution is -2.47. The maximum absolute atomic E-state index is 13.4. The number of carboxylic acids is 1. The SMILES string of the molecule is COc1ccc(-c2cc(S(=O)(=O)N(C)CC(O)CNC(C)(C)CC3Cc4ccccc4C3)sc2Cl)cc1CCC(=O)O. The first kappa shape index (κ1) is 32.4. The molecule has 0 amide bonds. The summed E-state index contributed by atoms with van der Waals surface area (Å²) in [6.07, 6.45) is 2.34. The summed E-state index contributed by atoms with van der Waals surface area (Å²) in [5.74, 6) is 0.160. The number of nitrogens with one attached hydrogen (secondary N) is 1. The first-order valence-corrected chi connectivity index (χ1v) is 16.6. The molecular formula is C31H39ClN2O6S2. The Labute approximate surface area is 257 Å². The van der Waals surface area contributed by atoms with Gasteiger partial charge in [0.05, 0.1) is 13.2 Å². The number of carboxylic acid groups (broad SMARTS) is 1. The van der Waals surface area contributed by atoms with Crippen molar-refractivity contribution in [2.45, 2.75) is 61.8 Å². The van der Waals surface area contributed by atoms with Crippen LogP contribution < -0.4 is 10.1 Å². The number of likely N-dealkylation sites (N-methyl/N-ethyl adjacent to an activating group) is 1. The van der Waals surface area contributed by atoms with E-state index in [2.05, 4.69) is 43.4 Å². The zero-order valence-corrected chi connectivity index (χ0v) is 26.8. The Morgan fingerprint density at radius 1 is 1.19 bits per heavy atom. The number of thiophene rings is 1. The Bertz CT molecular complexity index is 1500. The van der Waals surface area contributed by atoms with Crippen molar-refractivity contribution in [2.24, 2.45) is 5.92 Å². The van der Waals surface area contributed by atoms with E-state index in [1.807, 2.05) is 0 Å². The third-order valence-electron chi connectivity index (χ3n) is 7.75. The smallest absolute Gasteiger partial charge is 0.303 e. The minimum absolute atomic E-state index is 0.0641. The van der Waals surface area contributed by atoms with Crippen molar-refractivity contribution in [3.63, 3.8) is 0 Å². The Morgan fingerprint density at radius 3 is 2.48 bits per heavy atom. The second-order valence-corrected chi connectivity index (χ2v) is 15.6. The molecule has 1 unspecified atom stereocenters. The number of halogens is 1. The summed E-state index contributed by atoms with van der Waals surface area (Å²) in [5.41, 5.74) is 4.49. The molecular weight excluding hydrogens is 596 g/mol. The standard InChI is InChI=1S/C31H39ClN2O6S2/c1-31(2,17-20-13-21-7-5-6-8-22(21)14-20)33-18-25(35)19-34(3)42(38,39)29-16-26(30(32)41-29)23-9-11-27(40-4)24(15-23)10-12-28(36)37/h5-9,11,15-16,20,25,33,35H,10,12-14,17-19H2,1-4H3,(H,36,37). The van der Waals surface area contributed by atoms with Gasteiger partial charge in [-0.05, 0) is 85.9 Å². The second-order valence-electron chi connectivity index (χ2n) is 11.6. The van der Waals surface area contributed by atoms with Gasteiger partial charge >= 0.3 is 5.97 Å². The van der Waals surface area contributed by atoms with Gasteiger partial charge in [-0.1, -0.05) is 41.9 Å². The van der Waals surface area contributed by atoms with E-state index < -0.39 is 22.1 Å². The number of fused-ring (bicyclic) bond motifs is 1. The molecule has 3 aromatic rings. The van der Waals surface area contributed by atoms with Gasteiger partial charge < -0.3 is 20.3 Å². The molecule has 4 rings (SSSR count). The van der Waals surface area contributed by atoms with Crippen LogP contribution in [-0.4, -0.2) is 67.8 Å². The number of rotatable bonds is 14. The molecule has 0 aliphatic heterocycles. The van der Waals surface area contributed by atoms with E-state index in [-0.39, 0.29) is 35.7 Å². The normalized spacial score (nSPS) is 14.7. The highest BCUT2D eigenvalue weighted by Gasteiger charge is 2.30. The number of β-amino-alcohol motifs (C(OH)–C–C–N with tert-alkyl or cyclic N) is 1. The van der Waals surface area contributed by atoms with E-state index in [0.29, 0.717) is 32.7 Å². The summed E-state index contributed by atoms with van der Waals surface area (Å²) in [4.78, 5) is 11.1. The van der Waals surface area contributed by atoms with Crippen molar-refractivity contribution in [1.29, 1.82) is 0 Å². The number of benzene rings is 2. The van der Waals surface area contributed by atoms with Gasteiger partial charge in [0.2, 0.25) is 0 Å². The van der Waals surface area contributed by atoms with Crippen LogP contribution >= 0.6 is 22.9 Å². The average molecular weight is 635 g/mol. The van der Waals surface area contributed by atoms with Crippen LogP contribution in [0.15, 0.2) is 52.7 Å². The van der Waals surface area contributed by atoms with Gasteiger partial charge in [0.1, 0.15) is 14.3 Å². The zero-order chi connectivity index (χ0) is 30.7. The Balaban J connectivity index is 1.37. The van der Waals surface area contributed by atoms with Crippen LogP contribution in [0, 0.1) is 5.92 Å². The quantitative estimate of drug-likeness (QED) is 0.222. The molecule has 11 heteroatoms. The van der Waals surface area contributed by atoms with Crippen LogP contribution in [0.5, 0.6) is 5.75 Å². The predicted molar refractivity (Wildman–Crippen MR) is 167 cm³/mol. The Kier molecular flexibility index (Phi) is 10.4. The molecule has 0 spiro atoms. The molecule has 8 nitrogen and oxygen atoms in total. The van der Waals surface area contributed by atoms with Gasteiger partial charge in [0.15, 0.2) is 0 Å². The van der Waals surface area contributed by atoms with Gasteiger partial charge in [0, 0.05) is 37.7 Å². The molecule has 1 aliphatic rings. The summed E-state index contributed by atoms with van der Waals surface area (Å²) in [5, 5.41) is 23.3. The summed E-state index contributed by atoms with van der Waals surface area (Å²) in [6, 6.07) is 15.3. The number of hydrogen-bond acceptors (Lipinski definition) is 7. The van der Waals surface area contributed by atoms with Gasteiger partial charge in [-0.25, -0.2) is 8.42 Å². The highest BCUT2D eigenvalue weighted by atomic mass is 35.5. The molecule has 1 heterocycles. The third kappa shape index (κ3) is 7.92. The molecule has 42 heavy (non-hydrogen) atoms. The van der Waals surface area contributed by atoms with E-state index in [1.54, 1.807) is 18.2 Å². The van der Waals surface area contributed by atoms with E-state index in [9.17, 15) is 18.3 Å². The molecule has 0 bridgehead atoms. The molecule has 228 valence electrons. The van der Waals surface area contributed by atoms with E-state index in [0.717, 1.165) is 34.9 Å². The van der Waals surface area contributed by atoms with E-state index in [4.69, 9.17) is 21.4 Å². The summed E-state index contributed by atoms with van der Waals surface area (Å²) >= 11 is 7.45. The van der Waals surface area contributed by atoms with Gasteiger partial charge in [-0.3, -0.25) is 4.79 Å². The fraction of sp³-hybridized carbons (Fsp3) is 0.452. The Morgan fingerprint density at radius 2 is 1.86 bits per heavy atom. The van der Waals surface area contributed by atoms with Crippen LogP contribution in [0.3, 0.4) is 0 Å². The van der Waals surface area contributed by atoms with Crippen LogP contribution in [0.25, 0.3) is 11.1 Å². The minimum Gasteiger partial charge on any atom is -0.496 e. The molecule has 0 saturated carbocycles. The third-order valence-corrected chi connectivity index (χ3v) is 11.4. The van der Waals surface area contributed by atoms with Crippen molar-refractivity contribution in [3.8, 4) is 16.9 Å². The number of aliphatic hydroxyl groups excluding tert-OH is 1. The number of nitrogens with zero attached hydrogens (tertiary/aromatic N) is 1. The van der Waals surface area contributed by atoms with Crippen LogP contribution in [0.2, 0.25) is 4.34 Å². The maximum Gasteiger partial charge on any atom is 0.303 e. The zero-order valence-electron chi connectivity index (χ0n) is 24.4. The van der Waals surface area contributed by atoms with Crippen molar-refractivity contribution in [1.82, 2.24) is 9.62 Å². The first-order valence-electron chi connectivity index (χ1n) is 13.9. The number of methoxy groups -OCH3 is 1. The van der Waals surface area contributed by atoms with Crippen LogP contribution in [0.1, 0.15) is 43.4 Å². The predicted octanol–water partition coefficient (Wildman–Crippen LogP) is 5.25. The number of hydrogen-bond donors (Lipinski definition) is 3. The summed E-state index contributed by atoms with van der Waals surface area (Å²) in [6.45, 7) is 4.41. The molecule has 0 radical (unpaired) electrons. The fourth-order valence-corrected chi connectivity index (χ4v) is 8.84. The highest BCUT2D eigenvalue weighted by molar-refractivity contribution is 7.91. The average Bonchev–Trinajstić information content (AvgIpc) is 3.53. The second kappa shape index (κ2) is 13.4. The number of ether oxygens (including phenoxy) is 1. The van der Waals surface area contributed by atoms with Crippen molar-refractivity contribution in [2.75, 3.05) is 27.2 Å². The van der Waals surface area contributed by atoms with Gasteiger partial charge in [-0.15, -0.1) is 11.3 Å². The number of carbonyl (C=O) groups is 1. The summed E-state index contributed by atoms with van der Waals surface area (Å²) < 4.78 is 33.7. The minimum atomic E-state index is -3.91. The molecule has 1 aliphatic carbocycles. The van der Waals surface area contributed by atoms with Crippen molar-refractivity contribution < 1.29 is 28.2 Å². The summed E-state index contributed by atoms with van der Waals surface area (Å²) in [7, 11) is -0.954. The van der Waals surface area contributed by atoms with E-state index in [1.165, 1.54) is 31.4 Å². The number of aliphatic hydroxyl groups is 1. The van der Waals surface area contributed by atoms with Gasteiger partial charge in [0.25, 0.3) is 10.0 Å². The topological polar surface area (TPSA) is 116 Å². The lowest BCUT2D eigenvalue weighted by atomic mass is 9.88. The molecule has 0 saturated heterocycles. The van der Waals surface area contributed by atoms with Gasteiger partial charge in [-0.2, -0.15) is 4.31 Å². The molecule has 2 aromatic carbocycles. The molecule has 3 N–H and O–H groups in total. The van der Waals surface area contributed by atoms with Crippen molar-refractivity contribution >= 4 is 38.9 Å². The maximum atomic E-state index is 13.4. The first-order chi connectivity index (χ1) is 19.8. The lowest BCUT2D eigenvalue weighted by molar-refractivity contribution is -0.136. The number of sulfonamides is 1. The largest absolute Gasteiger partial charge is 0.496 e. The van der Waals surface area contributed by atoms with E-state index >= 15 is 0 Å².